The normalized spacial score (nSPS) is 11.5. The highest BCUT2D eigenvalue weighted by Gasteiger charge is 2.23. The van der Waals surface area contributed by atoms with Gasteiger partial charge in [-0.3, -0.25) is 10.1 Å². The van der Waals surface area contributed by atoms with E-state index < -0.39 is 18.0 Å². The van der Waals surface area contributed by atoms with Crippen LogP contribution in [0.2, 0.25) is 0 Å². The first kappa shape index (κ1) is 23.5. The maximum Gasteiger partial charge on any atom is 0.319 e. The zero-order valence-corrected chi connectivity index (χ0v) is 20.1. The van der Waals surface area contributed by atoms with Crippen molar-refractivity contribution in [3.05, 3.63) is 94.7 Å². The van der Waals surface area contributed by atoms with Crippen LogP contribution in [0.5, 0.6) is 0 Å². The summed E-state index contributed by atoms with van der Waals surface area (Å²) in [5.41, 5.74) is 2.16. The number of carbonyl (C=O) groups excluding carboxylic acids is 2. The van der Waals surface area contributed by atoms with Crippen molar-refractivity contribution in [3.8, 4) is 10.6 Å². The molecule has 0 radical (unpaired) electrons. The van der Waals surface area contributed by atoms with Crippen molar-refractivity contribution in [1.82, 2.24) is 15.5 Å². The van der Waals surface area contributed by atoms with E-state index in [1.165, 1.54) is 12.1 Å². The first-order chi connectivity index (χ1) is 16.5. The number of amides is 3. The Hall–Kier alpha value is -3.63. The van der Waals surface area contributed by atoms with Gasteiger partial charge in [-0.15, -0.1) is 10.2 Å². The van der Waals surface area contributed by atoms with Crippen LogP contribution in [0, 0.1) is 5.82 Å². The average molecular weight is 540 g/mol. The minimum atomic E-state index is -0.865. The Bertz CT molecular complexity index is 1270. The van der Waals surface area contributed by atoms with Gasteiger partial charge in [-0.05, 0) is 54.1 Å². The number of nitrogens with one attached hydrogen (secondary N) is 3. The summed E-state index contributed by atoms with van der Waals surface area (Å²) >= 11 is 4.51. The summed E-state index contributed by atoms with van der Waals surface area (Å²) in [4.78, 5) is 25.7. The molecule has 1 heterocycles. The molecule has 0 aliphatic carbocycles. The first-order valence-corrected chi connectivity index (χ1v) is 11.8. The van der Waals surface area contributed by atoms with E-state index in [2.05, 4.69) is 42.1 Å². The summed E-state index contributed by atoms with van der Waals surface area (Å²) in [6, 6.07) is 20.9. The fourth-order valence-corrected chi connectivity index (χ4v) is 4.11. The van der Waals surface area contributed by atoms with Gasteiger partial charge in [0.1, 0.15) is 16.9 Å². The van der Waals surface area contributed by atoms with Crippen LogP contribution in [0.25, 0.3) is 10.6 Å². The number of nitrogens with zero attached hydrogens (tertiary/aromatic N) is 2. The number of anilines is 2. The Morgan fingerprint density at radius 1 is 0.912 bits per heavy atom. The van der Waals surface area contributed by atoms with E-state index in [0.29, 0.717) is 16.3 Å². The monoisotopic (exact) mass is 539 g/mol. The molecule has 1 atom stereocenters. The Balaban J connectivity index is 1.46. The van der Waals surface area contributed by atoms with Crippen molar-refractivity contribution < 1.29 is 14.0 Å². The average Bonchev–Trinajstić information content (AvgIpc) is 3.29. The Morgan fingerprint density at radius 3 is 2.32 bits per heavy atom. The van der Waals surface area contributed by atoms with Gasteiger partial charge in [-0.25, -0.2) is 9.18 Å². The number of benzene rings is 3. The van der Waals surface area contributed by atoms with Crippen molar-refractivity contribution in [1.29, 1.82) is 0 Å². The maximum absolute atomic E-state index is 13.2. The molecule has 0 aliphatic rings. The lowest BCUT2D eigenvalue weighted by Gasteiger charge is -2.18. The highest BCUT2D eigenvalue weighted by Crippen LogP contribution is 2.26. The van der Waals surface area contributed by atoms with Crippen LogP contribution in [-0.4, -0.2) is 28.2 Å². The second-order valence-electron chi connectivity index (χ2n) is 7.26. The highest BCUT2D eigenvalue weighted by molar-refractivity contribution is 9.10. The molecule has 3 amide bonds. The smallest absolute Gasteiger partial charge is 0.319 e. The predicted octanol–water partition coefficient (Wildman–Crippen LogP) is 5.48. The summed E-state index contributed by atoms with van der Waals surface area (Å²) in [6.07, 6.45) is 0.282. The molecule has 10 heteroatoms. The molecule has 4 rings (SSSR count). The van der Waals surface area contributed by atoms with Crippen LogP contribution >= 0.6 is 27.3 Å². The van der Waals surface area contributed by atoms with Crippen molar-refractivity contribution in [2.45, 2.75) is 12.5 Å². The Morgan fingerprint density at radius 2 is 1.62 bits per heavy atom. The Kier molecular flexibility index (Phi) is 7.61. The van der Waals surface area contributed by atoms with Gasteiger partial charge in [0.25, 0.3) is 0 Å². The third-order valence-electron chi connectivity index (χ3n) is 4.75. The van der Waals surface area contributed by atoms with Crippen LogP contribution < -0.4 is 16.0 Å². The number of halogens is 2. The van der Waals surface area contributed by atoms with E-state index >= 15 is 0 Å². The third kappa shape index (κ3) is 6.46. The molecule has 172 valence electrons. The van der Waals surface area contributed by atoms with Crippen molar-refractivity contribution in [3.63, 3.8) is 0 Å². The molecule has 4 aromatic rings. The molecule has 0 saturated heterocycles. The van der Waals surface area contributed by atoms with Crippen LogP contribution in [0.3, 0.4) is 0 Å². The number of rotatable bonds is 7. The predicted molar refractivity (Wildman–Crippen MR) is 134 cm³/mol. The van der Waals surface area contributed by atoms with Gasteiger partial charge in [0, 0.05) is 22.1 Å². The number of aromatic nitrogens is 2. The van der Waals surface area contributed by atoms with Gasteiger partial charge in [0.05, 0.1) is 0 Å². The molecule has 7 nitrogen and oxygen atoms in total. The van der Waals surface area contributed by atoms with Gasteiger partial charge in [0.15, 0.2) is 0 Å². The molecule has 0 spiro atoms. The zero-order chi connectivity index (χ0) is 23.9. The summed E-state index contributed by atoms with van der Waals surface area (Å²) in [5, 5.41) is 17.1. The summed E-state index contributed by atoms with van der Waals surface area (Å²) < 4.78 is 14.1. The summed E-state index contributed by atoms with van der Waals surface area (Å²) in [7, 11) is 0. The molecule has 1 aromatic heterocycles. The van der Waals surface area contributed by atoms with Crippen LogP contribution in [0.4, 0.5) is 20.0 Å². The summed E-state index contributed by atoms with van der Waals surface area (Å²) in [6.45, 7) is 0. The molecule has 0 aliphatic heterocycles. The minimum absolute atomic E-state index is 0.275. The number of hydrogen-bond donors (Lipinski definition) is 3. The summed E-state index contributed by atoms with van der Waals surface area (Å²) in [5.74, 6) is -0.783. The minimum Gasteiger partial charge on any atom is -0.326 e. The zero-order valence-electron chi connectivity index (χ0n) is 17.7. The fourth-order valence-electron chi connectivity index (χ4n) is 3.09. The second kappa shape index (κ2) is 11.0. The van der Waals surface area contributed by atoms with Crippen LogP contribution in [0.1, 0.15) is 5.56 Å². The molecule has 3 N–H and O–H groups in total. The van der Waals surface area contributed by atoms with Crippen LogP contribution in [-0.2, 0) is 11.2 Å². The third-order valence-corrected chi connectivity index (χ3v) is 6.17. The van der Waals surface area contributed by atoms with E-state index in [0.717, 1.165) is 21.4 Å². The van der Waals surface area contributed by atoms with E-state index in [1.54, 1.807) is 36.4 Å². The maximum atomic E-state index is 13.2. The lowest BCUT2D eigenvalue weighted by atomic mass is 10.1. The van der Waals surface area contributed by atoms with Gasteiger partial charge in [-0.2, -0.15) is 0 Å². The molecular weight excluding hydrogens is 521 g/mol. The molecular formula is C24H19BrFN5O2S. The molecule has 0 bridgehead atoms. The van der Waals surface area contributed by atoms with Gasteiger partial charge in [-0.1, -0.05) is 57.6 Å². The highest BCUT2D eigenvalue weighted by atomic mass is 79.9. The molecule has 0 unspecified atom stereocenters. The van der Waals surface area contributed by atoms with Gasteiger partial charge >= 0.3 is 6.03 Å². The van der Waals surface area contributed by atoms with Crippen LogP contribution in [0.15, 0.2) is 83.3 Å². The first-order valence-electron chi connectivity index (χ1n) is 10.2. The van der Waals surface area contributed by atoms with E-state index in [-0.39, 0.29) is 17.4 Å². The largest absolute Gasteiger partial charge is 0.326 e. The van der Waals surface area contributed by atoms with E-state index in [9.17, 15) is 14.0 Å². The number of carbonyl (C=O) groups is 2. The SMILES string of the molecule is O=C(Nc1ccc(Br)cc1)N[C@@H](Cc1ccccc1)C(=O)Nc1nnc(-c2ccc(F)cc2)s1. The molecule has 0 fully saturated rings. The Labute approximate surface area is 207 Å². The molecule has 3 aromatic carbocycles. The number of hydrogen-bond acceptors (Lipinski definition) is 5. The second-order valence-corrected chi connectivity index (χ2v) is 9.15. The van der Waals surface area contributed by atoms with E-state index in [4.69, 9.17) is 0 Å². The fraction of sp³-hybridized carbons (Fsp3) is 0.0833. The quantitative estimate of drug-likeness (QED) is 0.289. The topological polar surface area (TPSA) is 96.0 Å². The van der Waals surface area contributed by atoms with Crippen molar-refractivity contribution in [2.75, 3.05) is 10.6 Å². The van der Waals surface area contributed by atoms with Gasteiger partial charge < -0.3 is 10.6 Å². The van der Waals surface area contributed by atoms with Crippen molar-refractivity contribution >= 4 is 50.0 Å². The number of urea groups is 1. The lowest BCUT2D eigenvalue weighted by molar-refractivity contribution is -0.117. The van der Waals surface area contributed by atoms with Gasteiger partial charge in [0.2, 0.25) is 11.0 Å². The van der Waals surface area contributed by atoms with E-state index in [1.807, 2.05) is 30.3 Å². The van der Waals surface area contributed by atoms with Crippen molar-refractivity contribution in [2.24, 2.45) is 0 Å². The molecule has 0 saturated carbocycles. The molecule has 34 heavy (non-hydrogen) atoms. The lowest BCUT2D eigenvalue weighted by Crippen LogP contribution is -2.46. The standard InChI is InChI=1S/C24H19BrFN5O2S/c25-17-8-12-19(13-9-17)27-23(33)28-20(14-15-4-2-1-3-5-15)21(32)29-24-31-30-22(34-24)16-6-10-18(26)11-7-16/h1-13,20H,14H2,(H2,27,28,33)(H,29,31,32)/t20-/m0/s1.